The first-order chi connectivity index (χ1) is 11.8. The highest BCUT2D eigenvalue weighted by molar-refractivity contribution is 6.32. The van der Waals surface area contributed by atoms with E-state index in [0.29, 0.717) is 32.0 Å². The molecule has 1 aromatic heterocycles. The van der Waals surface area contributed by atoms with Crippen LogP contribution in [0.1, 0.15) is 25.3 Å². The van der Waals surface area contributed by atoms with Crippen molar-refractivity contribution in [2.45, 2.75) is 25.9 Å². The predicted octanol–water partition coefficient (Wildman–Crippen LogP) is 0.794. The van der Waals surface area contributed by atoms with Crippen molar-refractivity contribution in [1.82, 2.24) is 5.32 Å². The van der Waals surface area contributed by atoms with Gasteiger partial charge in [-0.3, -0.25) is 4.79 Å². The van der Waals surface area contributed by atoms with E-state index in [2.05, 4.69) is 17.2 Å². The summed E-state index contributed by atoms with van der Waals surface area (Å²) in [6, 6.07) is 0.938. The van der Waals surface area contributed by atoms with Crippen LogP contribution >= 0.6 is 11.6 Å². The summed E-state index contributed by atoms with van der Waals surface area (Å²) in [6.45, 7) is 5.89. The Labute approximate surface area is 150 Å². The van der Waals surface area contributed by atoms with Gasteiger partial charge in [0.2, 0.25) is 0 Å². The van der Waals surface area contributed by atoms with Gasteiger partial charge in [-0.25, -0.2) is 9.88 Å². The predicted molar refractivity (Wildman–Crippen MR) is 88.7 cm³/mol. The topological polar surface area (TPSA) is 50.9 Å². The second-order valence-electron chi connectivity index (χ2n) is 6.20. The van der Waals surface area contributed by atoms with Crippen LogP contribution < -0.4 is 20.1 Å². The lowest BCUT2D eigenvalue weighted by atomic mass is 10.2. The highest BCUT2D eigenvalue weighted by Gasteiger charge is 2.35. The van der Waals surface area contributed by atoms with Crippen molar-refractivity contribution in [3.63, 3.8) is 0 Å². The zero-order chi connectivity index (χ0) is 18.4. The van der Waals surface area contributed by atoms with E-state index in [1.54, 1.807) is 0 Å². The molecule has 1 saturated heterocycles. The van der Waals surface area contributed by atoms with Gasteiger partial charge in [0.05, 0.1) is 5.56 Å². The fourth-order valence-corrected chi connectivity index (χ4v) is 3.08. The van der Waals surface area contributed by atoms with Crippen LogP contribution in [0.25, 0.3) is 0 Å². The minimum atomic E-state index is -4.42. The number of piperazine rings is 1. The maximum Gasteiger partial charge on any atom is 0.419 e. The van der Waals surface area contributed by atoms with Gasteiger partial charge in [-0.2, -0.15) is 13.2 Å². The lowest BCUT2D eigenvalue weighted by Gasteiger charge is -2.28. The number of nitrogens with one attached hydrogen (secondary N) is 3. The third-order valence-corrected chi connectivity index (χ3v) is 4.54. The number of anilines is 1. The number of pyridine rings is 1. The van der Waals surface area contributed by atoms with E-state index >= 15 is 0 Å². The van der Waals surface area contributed by atoms with E-state index in [4.69, 9.17) is 11.6 Å². The molecule has 9 heteroatoms. The van der Waals surface area contributed by atoms with Crippen molar-refractivity contribution in [3.8, 4) is 0 Å². The molecule has 0 radical (unpaired) electrons. The molecule has 2 heterocycles. The Morgan fingerprint density at radius 2 is 2.08 bits per heavy atom. The zero-order valence-electron chi connectivity index (χ0n) is 14.2. The first-order valence-electron chi connectivity index (χ1n) is 8.45. The van der Waals surface area contributed by atoms with Crippen molar-refractivity contribution in [2.24, 2.45) is 0 Å². The zero-order valence-corrected chi connectivity index (χ0v) is 14.9. The summed E-state index contributed by atoms with van der Waals surface area (Å²) in [6.07, 6.45) is -1.48. The van der Waals surface area contributed by atoms with Crippen molar-refractivity contribution < 1.29 is 27.8 Å². The SMILES string of the molecule is CCCCNC(=O)C[NH+]1CCN(c2[nH+]cc(C(F)(F)F)cc2Cl)CC1. The van der Waals surface area contributed by atoms with E-state index in [1.165, 1.54) is 0 Å². The molecular weight excluding hydrogens is 357 g/mol. The largest absolute Gasteiger partial charge is 0.419 e. The highest BCUT2D eigenvalue weighted by Crippen LogP contribution is 2.31. The number of amides is 1. The molecule has 1 aliphatic rings. The lowest BCUT2D eigenvalue weighted by molar-refractivity contribution is -0.892. The molecule has 2 rings (SSSR count). The number of unbranched alkanes of at least 4 members (excludes halogenated alkanes) is 1. The number of hydrogen-bond acceptors (Lipinski definition) is 2. The Balaban J connectivity index is 1.87. The second kappa shape index (κ2) is 8.71. The van der Waals surface area contributed by atoms with E-state index in [0.717, 1.165) is 43.1 Å². The molecule has 0 unspecified atom stereocenters. The third-order valence-electron chi connectivity index (χ3n) is 4.25. The summed E-state index contributed by atoms with van der Waals surface area (Å²) in [5.74, 6) is 0.525. The van der Waals surface area contributed by atoms with Gasteiger partial charge < -0.3 is 10.2 Å². The standard InChI is InChI=1S/C16H22ClF3N4O/c1-2-3-4-21-14(25)11-23-5-7-24(8-6-23)15-13(17)9-12(10-22-15)16(18,19)20/h9-10H,2-8,11H2,1H3,(H,21,25)/p+2. The minimum absolute atomic E-state index is 0.0380. The van der Waals surface area contributed by atoms with Crippen molar-refractivity contribution in [2.75, 3.05) is 44.2 Å². The monoisotopic (exact) mass is 380 g/mol. The number of carbonyl (C=O) groups excluding carboxylic acids is 1. The quantitative estimate of drug-likeness (QED) is 0.717. The van der Waals surface area contributed by atoms with Gasteiger partial charge in [0.1, 0.15) is 37.4 Å². The van der Waals surface area contributed by atoms with Crippen molar-refractivity contribution >= 4 is 23.3 Å². The average molecular weight is 381 g/mol. The summed E-state index contributed by atoms with van der Waals surface area (Å²) >= 11 is 6.02. The van der Waals surface area contributed by atoms with Crippen LogP contribution in [-0.4, -0.2) is 45.2 Å². The molecule has 25 heavy (non-hydrogen) atoms. The fourth-order valence-electron chi connectivity index (χ4n) is 2.79. The number of quaternary nitrogens is 1. The number of nitrogens with zero attached hydrogens (tertiary/aromatic N) is 1. The maximum absolute atomic E-state index is 12.7. The summed E-state index contributed by atoms with van der Waals surface area (Å²) < 4.78 is 38.1. The smallest absolute Gasteiger partial charge is 0.351 e. The van der Waals surface area contributed by atoms with Gasteiger partial charge >= 0.3 is 6.18 Å². The van der Waals surface area contributed by atoms with E-state index < -0.39 is 11.7 Å². The first-order valence-corrected chi connectivity index (χ1v) is 8.82. The Bertz CT molecular complexity index is 589. The summed E-state index contributed by atoms with van der Waals surface area (Å²) in [7, 11) is 0. The van der Waals surface area contributed by atoms with Gasteiger partial charge in [-0.05, 0) is 12.5 Å². The van der Waals surface area contributed by atoms with Gasteiger partial charge in [-0.1, -0.05) is 24.9 Å². The summed E-state index contributed by atoms with van der Waals surface area (Å²) in [5, 5.41) is 2.95. The molecule has 0 spiro atoms. The minimum Gasteiger partial charge on any atom is -0.351 e. The van der Waals surface area contributed by atoms with Crippen LogP contribution in [0.15, 0.2) is 12.3 Å². The van der Waals surface area contributed by atoms with Gasteiger partial charge in [0.15, 0.2) is 6.54 Å². The molecule has 1 aromatic rings. The van der Waals surface area contributed by atoms with Crippen LogP contribution in [0.2, 0.25) is 5.02 Å². The van der Waals surface area contributed by atoms with Crippen LogP contribution in [-0.2, 0) is 11.0 Å². The number of rotatable bonds is 6. The number of H-pyrrole nitrogens is 1. The third kappa shape index (κ3) is 5.74. The second-order valence-corrected chi connectivity index (χ2v) is 6.61. The molecule has 0 atom stereocenters. The number of aromatic nitrogens is 1. The Morgan fingerprint density at radius 3 is 2.64 bits per heavy atom. The molecule has 0 aromatic carbocycles. The van der Waals surface area contributed by atoms with Crippen LogP contribution in [0.4, 0.5) is 19.0 Å². The number of halogens is 4. The lowest BCUT2D eigenvalue weighted by Crippen LogP contribution is -3.16. The van der Waals surface area contributed by atoms with E-state index in [-0.39, 0.29) is 10.9 Å². The number of carbonyl (C=O) groups is 1. The highest BCUT2D eigenvalue weighted by atomic mass is 35.5. The number of alkyl halides is 3. The summed E-state index contributed by atoms with van der Waals surface area (Å²) in [4.78, 5) is 17.6. The van der Waals surface area contributed by atoms with E-state index in [9.17, 15) is 18.0 Å². The van der Waals surface area contributed by atoms with Gasteiger partial charge in [-0.15, -0.1) is 0 Å². The normalized spacial score (nSPS) is 16.1. The average Bonchev–Trinajstić information content (AvgIpc) is 2.55. The van der Waals surface area contributed by atoms with E-state index in [1.807, 2.05) is 4.90 Å². The number of aromatic amines is 1. The van der Waals surface area contributed by atoms with Crippen LogP contribution in [0, 0.1) is 0 Å². The van der Waals surface area contributed by atoms with Crippen LogP contribution in [0.3, 0.4) is 0 Å². The van der Waals surface area contributed by atoms with Gasteiger partial charge in [0, 0.05) is 6.54 Å². The summed E-state index contributed by atoms with van der Waals surface area (Å²) in [5.41, 5.74) is -0.797. The molecule has 1 fully saturated rings. The molecular formula is C16H24ClF3N4O+2. The fraction of sp³-hybridized carbons (Fsp3) is 0.625. The molecule has 0 saturated carbocycles. The molecule has 5 nitrogen and oxygen atoms in total. The van der Waals surface area contributed by atoms with Crippen molar-refractivity contribution in [3.05, 3.63) is 22.8 Å². The molecule has 140 valence electrons. The molecule has 0 bridgehead atoms. The Kier molecular flexibility index (Phi) is 6.89. The first kappa shape index (κ1) is 19.8. The van der Waals surface area contributed by atoms with Gasteiger partial charge in [0.25, 0.3) is 11.7 Å². The molecule has 3 N–H and O–H groups in total. The Hall–Kier alpha value is -1.54. The molecule has 1 amide bonds. The van der Waals surface area contributed by atoms with Crippen LogP contribution in [0.5, 0.6) is 0 Å². The number of hydrogen-bond donors (Lipinski definition) is 2. The molecule has 0 aliphatic carbocycles. The molecule has 1 aliphatic heterocycles. The maximum atomic E-state index is 12.7. The van der Waals surface area contributed by atoms with Crippen molar-refractivity contribution in [1.29, 1.82) is 0 Å². The Morgan fingerprint density at radius 1 is 1.40 bits per heavy atom.